The molecule has 3 aromatic rings. The number of likely N-dealkylation sites (tertiary alicyclic amines) is 1. The quantitative estimate of drug-likeness (QED) is 0.509. The number of aromatic nitrogens is 2. The van der Waals surface area contributed by atoms with Crippen molar-refractivity contribution < 1.29 is 9.53 Å². The van der Waals surface area contributed by atoms with Gasteiger partial charge in [-0.2, -0.15) is 0 Å². The molecule has 0 radical (unpaired) electrons. The van der Waals surface area contributed by atoms with Crippen molar-refractivity contribution >= 4 is 16.9 Å². The number of H-pyrrole nitrogens is 1. The molecular weight excluding hydrogens is 422 g/mol. The molecule has 2 aromatic carbocycles. The Morgan fingerprint density at radius 2 is 1.88 bits per heavy atom. The molecule has 0 bridgehead atoms. The van der Waals surface area contributed by atoms with Gasteiger partial charge < -0.3 is 14.6 Å². The molecule has 34 heavy (non-hydrogen) atoms. The van der Waals surface area contributed by atoms with Crippen LogP contribution in [0.25, 0.3) is 22.2 Å². The first-order valence-electron chi connectivity index (χ1n) is 13.0. The normalized spacial score (nSPS) is 21.6. The third kappa shape index (κ3) is 4.84. The van der Waals surface area contributed by atoms with E-state index in [1.807, 2.05) is 6.92 Å². The van der Waals surface area contributed by atoms with Gasteiger partial charge in [0, 0.05) is 19.5 Å². The van der Waals surface area contributed by atoms with Crippen LogP contribution in [0, 0.1) is 24.7 Å². The van der Waals surface area contributed by atoms with Crippen LogP contribution in [0.3, 0.4) is 0 Å². The molecule has 1 N–H and O–H groups in total. The van der Waals surface area contributed by atoms with Gasteiger partial charge in [0.2, 0.25) is 5.91 Å². The lowest BCUT2D eigenvalue weighted by molar-refractivity contribution is -0.134. The number of rotatable bonds is 4. The van der Waals surface area contributed by atoms with Crippen LogP contribution < -0.4 is 4.74 Å². The van der Waals surface area contributed by atoms with E-state index in [-0.39, 0.29) is 0 Å². The summed E-state index contributed by atoms with van der Waals surface area (Å²) in [6.45, 7) is 9.09. The van der Waals surface area contributed by atoms with E-state index in [0.717, 1.165) is 67.3 Å². The number of carbonyl (C=O) groups excluding carboxylic acids is 1. The number of carbonyl (C=O) groups is 1. The average Bonchev–Trinajstić information content (AvgIpc) is 3.22. The van der Waals surface area contributed by atoms with Gasteiger partial charge in [-0.25, -0.2) is 4.98 Å². The van der Waals surface area contributed by atoms with Crippen LogP contribution in [0.2, 0.25) is 0 Å². The van der Waals surface area contributed by atoms with Crippen LogP contribution in [-0.2, 0) is 11.2 Å². The fraction of sp³-hybridized carbons (Fsp3) is 0.517. The molecule has 1 amide bonds. The molecule has 180 valence electrons. The molecule has 2 unspecified atom stereocenters. The first kappa shape index (κ1) is 22.9. The summed E-state index contributed by atoms with van der Waals surface area (Å²) in [4.78, 5) is 23.0. The van der Waals surface area contributed by atoms with Gasteiger partial charge in [-0.15, -0.1) is 0 Å². The maximum absolute atomic E-state index is 13.1. The number of ether oxygens (including phenoxy) is 1. The van der Waals surface area contributed by atoms with E-state index in [2.05, 4.69) is 65.1 Å². The average molecular weight is 460 g/mol. The third-order valence-corrected chi connectivity index (χ3v) is 8.07. The van der Waals surface area contributed by atoms with Gasteiger partial charge in [0.25, 0.3) is 0 Å². The van der Waals surface area contributed by atoms with E-state index >= 15 is 0 Å². The standard InChI is InChI=1S/C29H37N3O2/c1-4-21-9-12-32(13-10-21)29(33)18-22-11-14-34-28-8-6-23(16-25(28)15-19(22)2)24-5-7-26-27(17-24)31-20(3)30-26/h5-8,16-17,19,21-22H,4,9-15,18H2,1-3H3,(H,30,31). The van der Waals surface area contributed by atoms with Gasteiger partial charge in [-0.05, 0) is 91.3 Å². The maximum atomic E-state index is 13.1. The number of imidazole rings is 1. The molecule has 2 atom stereocenters. The highest BCUT2D eigenvalue weighted by Crippen LogP contribution is 2.35. The predicted molar refractivity (Wildman–Crippen MR) is 137 cm³/mol. The Hall–Kier alpha value is -2.82. The maximum Gasteiger partial charge on any atom is 0.222 e. The summed E-state index contributed by atoms with van der Waals surface area (Å²) in [5.74, 6) is 3.85. The molecule has 5 heteroatoms. The van der Waals surface area contributed by atoms with Crippen LogP contribution in [0.4, 0.5) is 0 Å². The van der Waals surface area contributed by atoms with Crippen molar-refractivity contribution in [1.29, 1.82) is 0 Å². The summed E-state index contributed by atoms with van der Waals surface area (Å²) < 4.78 is 6.19. The largest absolute Gasteiger partial charge is 0.493 e. The van der Waals surface area contributed by atoms with Crippen LogP contribution in [0.1, 0.15) is 57.3 Å². The van der Waals surface area contributed by atoms with Crippen molar-refractivity contribution in [2.45, 2.75) is 59.3 Å². The van der Waals surface area contributed by atoms with Crippen molar-refractivity contribution in [3.05, 3.63) is 47.8 Å². The second-order valence-corrected chi connectivity index (χ2v) is 10.4. The number of aromatic amines is 1. The van der Waals surface area contributed by atoms with E-state index in [4.69, 9.17) is 4.74 Å². The Morgan fingerprint density at radius 3 is 2.68 bits per heavy atom. The van der Waals surface area contributed by atoms with E-state index in [1.54, 1.807) is 0 Å². The van der Waals surface area contributed by atoms with E-state index < -0.39 is 0 Å². The second-order valence-electron chi connectivity index (χ2n) is 10.4. The number of fused-ring (bicyclic) bond motifs is 2. The summed E-state index contributed by atoms with van der Waals surface area (Å²) in [7, 11) is 0. The fourth-order valence-electron chi connectivity index (χ4n) is 5.74. The van der Waals surface area contributed by atoms with Gasteiger partial charge in [0.1, 0.15) is 11.6 Å². The molecule has 0 spiro atoms. The predicted octanol–water partition coefficient (Wildman–Crippen LogP) is 6.15. The van der Waals surface area contributed by atoms with Crippen molar-refractivity contribution in [3.8, 4) is 16.9 Å². The van der Waals surface area contributed by atoms with Crippen molar-refractivity contribution in [3.63, 3.8) is 0 Å². The van der Waals surface area contributed by atoms with E-state index in [9.17, 15) is 4.79 Å². The lowest BCUT2D eigenvalue weighted by Crippen LogP contribution is -2.40. The highest BCUT2D eigenvalue weighted by Gasteiger charge is 2.28. The molecule has 1 fully saturated rings. The minimum atomic E-state index is 0.337. The lowest BCUT2D eigenvalue weighted by atomic mass is 9.82. The molecule has 1 saturated heterocycles. The SMILES string of the molecule is CCC1CCN(C(=O)CC2CCOc3ccc(-c4ccc5nc(C)[nH]c5c4)cc3CC2C)CC1. The van der Waals surface area contributed by atoms with Crippen LogP contribution in [0.5, 0.6) is 5.75 Å². The van der Waals surface area contributed by atoms with Crippen LogP contribution >= 0.6 is 0 Å². The van der Waals surface area contributed by atoms with E-state index in [0.29, 0.717) is 30.8 Å². The summed E-state index contributed by atoms with van der Waals surface area (Å²) in [6.07, 6.45) is 6.07. The molecule has 2 aliphatic heterocycles. The first-order valence-corrected chi connectivity index (χ1v) is 13.0. The first-order chi connectivity index (χ1) is 16.5. The van der Waals surface area contributed by atoms with Crippen LogP contribution in [-0.4, -0.2) is 40.5 Å². The zero-order valence-electron chi connectivity index (χ0n) is 20.8. The smallest absolute Gasteiger partial charge is 0.222 e. The number of hydrogen-bond acceptors (Lipinski definition) is 3. The highest BCUT2D eigenvalue weighted by atomic mass is 16.5. The van der Waals surface area contributed by atoms with Gasteiger partial charge >= 0.3 is 0 Å². The Morgan fingerprint density at radius 1 is 1.12 bits per heavy atom. The second kappa shape index (κ2) is 9.81. The Kier molecular flexibility index (Phi) is 6.62. The monoisotopic (exact) mass is 459 g/mol. The summed E-state index contributed by atoms with van der Waals surface area (Å²) in [5.41, 5.74) is 5.67. The lowest BCUT2D eigenvalue weighted by Gasteiger charge is -2.34. The van der Waals surface area contributed by atoms with Crippen molar-refractivity contribution in [2.75, 3.05) is 19.7 Å². The van der Waals surface area contributed by atoms with Crippen molar-refractivity contribution in [1.82, 2.24) is 14.9 Å². The number of nitrogens with zero attached hydrogens (tertiary/aromatic N) is 2. The number of amides is 1. The fourth-order valence-corrected chi connectivity index (χ4v) is 5.74. The molecule has 0 aliphatic carbocycles. The van der Waals surface area contributed by atoms with Crippen molar-refractivity contribution in [2.24, 2.45) is 17.8 Å². The Labute approximate surface area is 202 Å². The summed E-state index contributed by atoms with van der Waals surface area (Å²) in [5, 5.41) is 0. The number of benzene rings is 2. The zero-order valence-corrected chi connectivity index (χ0v) is 20.8. The van der Waals surface area contributed by atoms with Gasteiger partial charge in [-0.3, -0.25) is 4.79 Å². The Balaban J connectivity index is 1.30. The molecule has 5 nitrogen and oxygen atoms in total. The number of hydrogen-bond donors (Lipinski definition) is 1. The molecule has 5 rings (SSSR count). The van der Waals surface area contributed by atoms with Gasteiger partial charge in [0.15, 0.2) is 0 Å². The minimum Gasteiger partial charge on any atom is -0.493 e. The summed E-state index contributed by atoms with van der Waals surface area (Å²) in [6, 6.07) is 12.9. The molecule has 2 aliphatic rings. The number of aryl methyl sites for hydroxylation is 1. The summed E-state index contributed by atoms with van der Waals surface area (Å²) >= 11 is 0. The molecular formula is C29H37N3O2. The molecule has 1 aromatic heterocycles. The highest BCUT2D eigenvalue weighted by molar-refractivity contribution is 5.82. The minimum absolute atomic E-state index is 0.337. The van der Waals surface area contributed by atoms with Crippen LogP contribution in [0.15, 0.2) is 36.4 Å². The zero-order chi connectivity index (χ0) is 23.7. The number of nitrogens with one attached hydrogen (secondary N) is 1. The van der Waals surface area contributed by atoms with Gasteiger partial charge in [0.05, 0.1) is 17.6 Å². The Bertz CT molecular complexity index is 1160. The van der Waals surface area contributed by atoms with E-state index in [1.165, 1.54) is 23.1 Å². The third-order valence-electron chi connectivity index (χ3n) is 8.07. The number of piperidine rings is 1. The molecule has 3 heterocycles. The topological polar surface area (TPSA) is 58.2 Å². The molecule has 0 saturated carbocycles. The van der Waals surface area contributed by atoms with Gasteiger partial charge in [-0.1, -0.05) is 32.4 Å².